The molecule has 0 N–H and O–H groups in total. The summed E-state index contributed by atoms with van der Waals surface area (Å²) in [4.78, 5) is 5.87. The number of aliphatic imine (C=N–C) groups is 1. The third kappa shape index (κ3) is 6.02. The van der Waals surface area contributed by atoms with Crippen LogP contribution in [0.4, 0.5) is 0 Å². The van der Waals surface area contributed by atoms with Crippen LogP contribution < -0.4 is 0 Å². The first-order valence-corrected chi connectivity index (χ1v) is 4.53. The quantitative estimate of drug-likeness (QED) is 0.343. The number of hydrogen-bond donors (Lipinski definition) is 0. The van der Waals surface area contributed by atoms with E-state index in [0.29, 0.717) is 5.92 Å². The predicted molar refractivity (Wildman–Crippen MR) is 58.0 cm³/mol. The molecule has 0 rings (SSSR count). The Labute approximate surface area is 76.8 Å². The van der Waals surface area contributed by atoms with E-state index < -0.39 is 0 Å². The minimum atomic E-state index is 0.669. The summed E-state index contributed by atoms with van der Waals surface area (Å²) in [6, 6.07) is 0. The molecule has 0 aromatic rings. The summed E-state index contributed by atoms with van der Waals surface area (Å²) in [5.74, 6) is 0.669. The average molecular weight is 166 g/mol. The highest BCUT2D eigenvalue weighted by Crippen LogP contribution is 2.05. The van der Waals surface area contributed by atoms with Crippen molar-refractivity contribution in [2.75, 3.05) is 7.05 Å². The molecule has 0 amide bonds. The zero-order valence-electron chi connectivity index (χ0n) is 8.62. The highest BCUT2D eigenvalue weighted by atomic mass is 15.0. The molecule has 0 saturated heterocycles. The normalized spacial score (nSPS) is 14.2. The zero-order chi connectivity index (χ0) is 9.40. The summed E-state index contributed by atoms with van der Waals surface area (Å²) >= 11 is 0. The fraction of sp³-hybridized carbons (Fsp3) is 0.667. The van der Waals surface area contributed by atoms with Gasteiger partial charge in [0, 0.05) is 7.05 Å². The molecule has 0 aromatic carbocycles. The minimum absolute atomic E-state index is 0.669. The van der Waals surface area contributed by atoms with E-state index in [-0.39, 0.29) is 0 Å². The van der Waals surface area contributed by atoms with Gasteiger partial charge < -0.3 is 4.81 Å². The highest BCUT2D eigenvalue weighted by Gasteiger charge is 1.93. The van der Waals surface area contributed by atoms with Gasteiger partial charge in [-0.3, -0.25) is 4.99 Å². The van der Waals surface area contributed by atoms with Gasteiger partial charge in [0.15, 0.2) is 0 Å². The van der Waals surface area contributed by atoms with Crippen molar-refractivity contribution in [3.05, 3.63) is 12.3 Å². The molecule has 0 spiro atoms. The molecule has 3 heteroatoms. The van der Waals surface area contributed by atoms with E-state index in [2.05, 4.69) is 31.1 Å². The van der Waals surface area contributed by atoms with E-state index in [1.165, 1.54) is 12.8 Å². The van der Waals surface area contributed by atoms with E-state index in [1.807, 2.05) is 12.8 Å². The molecular weight excluding hydrogens is 147 g/mol. The van der Waals surface area contributed by atoms with Gasteiger partial charge in [0.25, 0.3) is 0 Å². The molecule has 12 heavy (non-hydrogen) atoms. The lowest BCUT2D eigenvalue weighted by atomic mass is 10.1. The number of hydrogen-bond acceptors (Lipinski definition) is 1. The Morgan fingerprint density at radius 1 is 1.58 bits per heavy atom. The Bertz CT molecular complexity index is 155. The van der Waals surface area contributed by atoms with E-state index in [4.69, 9.17) is 0 Å². The van der Waals surface area contributed by atoms with Crippen molar-refractivity contribution in [3.8, 4) is 0 Å². The average Bonchev–Trinajstić information content (AvgIpc) is 2.02. The fourth-order valence-electron chi connectivity index (χ4n) is 1.05. The van der Waals surface area contributed by atoms with Crippen LogP contribution >= 0.6 is 0 Å². The smallest absolute Gasteiger partial charge is 0.224 e. The largest absolute Gasteiger partial charge is 0.391 e. The van der Waals surface area contributed by atoms with E-state index in [9.17, 15) is 0 Å². The molecule has 0 bridgehead atoms. The van der Waals surface area contributed by atoms with Gasteiger partial charge in [-0.25, -0.2) is 0 Å². The molecule has 2 nitrogen and oxygen atoms in total. The first-order valence-electron chi connectivity index (χ1n) is 4.53. The molecule has 0 unspecified atom stereocenters. The molecule has 0 fully saturated rings. The van der Waals surface area contributed by atoms with Crippen molar-refractivity contribution < 1.29 is 0 Å². The third-order valence-electron chi connectivity index (χ3n) is 1.69. The lowest BCUT2D eigenvalue weighted by molar-refractivity contribution is 0.628. The summed E-state index contributed by atoms with van der Waals surface area (Å²) in [6.45, 7) is 4.44. The van der Waals surface area contributed by atoms with Gasteiger partial charge in [0.2, 0.25) is 7.98 Å². The van der Waals surface area contributed by atoms with Crippen LogP contribution in [0.5, 0.6) is 0 Å². The van der Waals surface area contributed by atoms with Crippen molar-refractivity contribution in [2.45, 2.75) is 26.7 Å². The number of nitrogens with zero attached hydrogens (tertiary/aromatic N) is 2. The molecular formula is C9H19BN2. The Balaban J connectivity index is 3.72. The molecule has 0 heterocycles. The van der Waals surface area contributed by atoms with Crippen molar-refractivity contribution in [3.63, 3.8) is 0 Å². The summed E-state index contributed by atoms with van der Waals surface area (Å²) in [5.41, 5.74) is 0. The van der Waals surface area contributed by atoms with Crippen LogP contribution in [0, 0.1) is 5.92 Å². The maximum atomic E-state index is 3.91. The molecule has 0 aromatic heterocycles. The Kier molecular flexibility index (Phi) is 6.53. The topological polar surface area (TPSA) is 15.6 Å². The molecule has 0 radical (unpaired) electrons. The first kappa shape index (κ1) is 11.3. The van der Waals surface area contributed by atoms with Crippen LogP contribution in [-0.2, 0) is 0 Å². The van der Waals surface area contributed by atoms with Crippen LogP contribution in [0.2, 0.25) is 0 Å². The van der Waals surface area contributed by atoms with Gasteiger partial charge >= 0.3 is 0 Å². The Morgan fingerprint density at radius 2 is 2.25 bits per heavy atom. The number of rotatable bonds is 5. The maximum Gasteiger partial charge on any atom is 0.224 e. The SMILES string of the molecule is BN(/C=N\C)/C=C/[C@H](C)CCC. The minimum Gasteiger partial charge on any atom is -0.391 e. The van der Waals surface area contributed by atoms with Gasteiger partial charge in [0.05, 0.1) is 6.34 Å². The lowest BCUT2D eigenvalue weighted by Gasteiger charge is -2.08. The number of allylic oxidation sites excluding steroid dienone is 1. The van der Waals surface area contributed by atoms with Gasteiger partial charge in [-0.2, -0.15) is 0 Å². The van der Waals surface area contributed by atoms with Gasteiger partial charge in [-0.15, -0.1) is 0 Å². The second-order valence-electron chi connectivity index (χ2n) is 3.15. The van der Waals surface area contributed by atoms with Crippen LogP contribution in [0.3, 0.4) is 0 Å². The summed E-state index contributed by atoms with van der Waals surface area (Å²) in [7, 11) is 3.77. The van der Waals surface area contributed by atoms with Crippen molar-refractivity contribution in [2.24, 2.45) is 10.9 Å². The van der Waals surface area contributed by atoms with Gasteiger partial charge in [-0.05, 0) is 18.5 Å². The highest BCUT2D eigenvalue weighted by molar-refractivity contribution is 6.11. The second kappa shape index (κ2) is 6.95. The van der Waals surface area contributed by atoms with Gasteiger partial charge in [-0.1, -0.05) is 26.3 Å². The monoisotopic (exact) mass is 166 g/mol. The van der Waals surface area contributed by atoms with Crippen molar-refractivity contribution in [1.82, 2.24) is 4.81 Å². The zero-order valence-corrected chi connectivity index (χ0v) is 8.62. The fourth-order valence-corrected chi connectivity index (χ4v) is 1.05. The van der Waals surface area contributed by atoms with Crippen LogP contribution in [-0.4, -0.2) is 26.2 Å². The summed E-state index contributed by atoms with van der Waals surface area (Å²) in [5, 5.41) is 0. The first-order chi connectivity index (χ1) is 5.70. The third-order valence-corrected chi connectivity index (χ3v) is 1.69. The van der Waals surface area contributed by atoms with Crippen molar-refractivity contribution >= 4 is 14.3 Å². The van der Waals surface area contributed by atoms with E-state index >= 15 is 0 Å². The second-order valence-corrected chi connectivity index (χ2v) is 3.15. The predicted octanol–water partition coefficient (Wildman–Crippen LogP) is 1.44. The molecule has 0 aliphatic heterocycles. The Morgan fingerprint density at radius 3 is 2.75 bits per heavy atom. The standard InChI is InChI=1S/C9H19BN2/c1-4-5-9(2)6-7-12(10)8-11-3/h6-9H,4-5,10H2,1-3H3/b7-6+,11-8-/t9-/m1/s1. The van der Waals surface area contributed by atoms with E-state index in [0.717, 1.165) is 0 Å². The molecule has 68 valence electrons. The Hall–Kier alpha value is -0.725. The van der Waals surface area contributed by atoms with Crippen LogP contribution in [0.25, 0.3) is 0 Å². The van der Waals surface area contributed by atoms with Gasteiger partial charge in [0.1, 0.15) is 0 Å². The van der Waals surface area contributed by atoms with Crippen molar-refractivity contribution in [1.29, 1.82) is 0 Å². The molecule has 0 saturated carbocycles. The van der Waals surface area contributed by atoms with Crippen LogP contribution in [0.1, 0.15) is 26.7 Å². The molecule has 0 aliphatic rings. The molecule has 1 atom stereocenters. The maximum absolute atomic E-state index is 3.91. The lowest BCUT2D eigenvalue weighted by Crippen LogP contribution is -2.09. The molecule has 0 aliphatic carbocycles. The summed E-state index contributed by atoms with van der Waals surface area (Å²) < 4.78 is 0. The summed E-state index contributed by atoms with van der Waals surface area (Å²) in [6.07, 6.45) is 8.58. The van der Waals surface area contributed by atoms with Crippen LogP contribution in [0.15, 0.2) is 17.3 Å². The van der Waals surface area contributed by atoms with E-state index in [1.54, 1.807) is 13.4 Å².